The van der Waals surface area contributed by atoms with Gasteiger partial charge in [0, 0.05) is 0 Å². The molecular formula is C17H19N5O2. The molecule has 0 aliphatic heterocycles. The zero-order chi connectivity index (χ0) is 17.3. The normalized spacial score (nSPS) is 11.6. The van der Waals surface area contributed by atoms with Crippen molar-refractivity contribution in [3.8, 4) is 6.01 Å². The number of hydrogen-bond acceptors (Lipinski definition) is 6. The van der Waals surface area contributed by atoms with Crippen LogP contribution < -0.4 is 10.5 Å². The van der Waals surface area contributed by atoms with Gasteiger partial charge in [-0.3, -0.25) is 9.36 Å². The lowest BCUT2D eigenvalue weighted by Gasteiger charge is -2.16. The number of carbonyl (C=O) groups is 1. The van der Waals surface area contributed by atoms with Crippen LogP contribution in [0.5, 0.6) is 6.01 Å². The van der Waals surface area contributed by atoms with E-state index in [1.165, 1.54) is 6.33 Å². The second-order valence-electron chi connectivity index (χ2n) is 6.54. The summed E-state index contributed by atoms with van der Waals surface area (Å²) < 4.78 is 7.24. The van der Waals surface area contributed by atoms with Crippen LogP contribution in [0.3, 0.4) is 0 Å². The molecule has 1 aromatic carbocycles. The van der Waals surface area contributed by atoms with Gasteiger partial charge in [-0.05, 0) is 26.3 Å². The second kappa shape index (κ2) is 5.92. The number of nitrogens with two attached hydrogens (primary N) is 1. The lowest BCUT2D eigenvalue weighted by atomic mass is 9.98. The minimum Gasteiger partial charge on any atom is -0.392 e. The number of anilines is 1. The molecule has 0 fully saturated rings. The summed E-state index contributed by atoms with van der Waals surface area (Å²) in [7, 11) is 0. The van der Waals surface area contributed by atoms with E-state index in [2.05, 4.69) is 15.0 Å². The maximum atomic E-state index is 12.3. The van der Waals surface area contributed by atoms with Crippen molar-refractivity contribution in [3.63, 3.8) is 0 Å². The van der Waals surface area contributed by atoms with E-state index in [-0.39, 0.29) is 17.8 Å². The van der Waals surface area contributed by atoms with Gasteiger partial charge in [-0.1, -0.05) is 30.3 Å². The molecule has 0 spiro atoms. The molecule has 0 aliphatic carbocycles. The molecule has 0 radical (unpaired) electrons. The first-order valence-corrected chi connectivity index (χ1v) is 7.59. The summed E-state index contributed by atoms with van der Waals surface area (Å²) in [5.74, 6) is -0.126. The molecule has 0 saturated heterocycles. The Morgan fingerprint density at radius 3 is 2.58 bits per heavy atom. The summed E-state index contributed by atoms with van der Waals surface area (Å²) in [6.45, 7) is 5.82. The molecule has 3 rings (SSSR count). The highest BCUT2D eigenvalue weighted by Gasteiger charge is 2.27. The maximum Gasteiger partial charge on any atom is 0.319 e. The summed E-state index contributed by atoms with van der Waals surface area (Å²) in [5.41, 5.74) is 7.22. The minimum atomic E-state index is -0.646. The molecular weight excluding hydrogens is 306 g/mol. The molecule has 0 bridgehead atoms. The number of esters is 1. The van der Waals surface area contributed by atoms with E-state index in [0.717, 1.165) is 5.56 Å². The summed E-state index contributed by atoms with van der Waals surface area (Å²) in [6.07, 6.45) is 1.37. The van der Waals surface area contributed by atoms with Gasteiger partial charge in [-0.15, -0.1) is 0 Å². The fraction of sp³-hybridized carbons (Fsp3) is 0.294. The van der Waals surface area contributed by atoms with E-state index in [4.69, 9.17) is 10.5 Å². The Labute approximate surface area is 139 Å². The predicted molar refractivity (Wildman–Crippen MR) is 90.4 cm³/mol. The van der Waals surface area contributed by atoms with E-state index in [1.54, 1.807) is 25.3 Å². The van der Waals surface area contributed by atoms with Gasteiger partial charge in [0.2, 0.25) is 0 Å². The zero-order valence-corrected chi connectivity index (χ0v) is 13.9. The Kier molecular flexibility index (Phi) is 3.92. The van der Waals surface area contributed by atoms with Crippen molar-refractivity contribution in [2.75, 3.05) is 5.73 Å². The number of hydrogen-bond donors (Lipinski definition) is 1. The van der Waals surface area contributed by atoms with Crippen LogP contribution in [-0.2, 0) is 11.3 Å². The van der Waals surface area contributed by atoms with Gasteiger partial charge in [0.15, 0.2) is 17.0 Å². The van der Waals surface area contributed by atoms with E-state index in [9.17, 15) is 4.79 Å². The second-order valence-corrected chi connectivity index (χ2v) is 6.54. The number of ether oxygens (including phenoxy) is 1. The molecule has 0 unspecified atom stereocenters. The molecule has 0 atom stereocenters. The number of nitrogen functional groups attached to an aromatic ring is 1. The van der Waals surface area contributed by atoms with E-state index in [1.807, 2.05) is 30.3 Å². The molecule has 2 heterocycles. The van der Waals surface area contributed by atoms with Crippen LogP contribution in [0, 0.1) is 5.41 Å². The van der Waals surface area contributed by atoms with Crippen LogP contribution in [0.25, 0.3) is 11.2 Å². The standard InChI is InChI=1S/C17H19N5O2/c1-17(2,3)15(23)24-16-21-12-13(18)19-10-20-14(12)22(16)9-11-7-5-4-6-8-11/h4-8,10H,9H2,1-3H3,(H2,18,19,20). The van der Waals surface area contributed by atoms with Gasteiger partial charge < -0.3 is 10.5 Å². The van der Waals surface area contributed by atoms with Crippen LogP contribution in [0.15, 0.2) is 36.7 Å². The molecule has 7 heteroatoms. The Balaban J connectivity index is 2.08. The van der Waals surface area contributed by atoms with Crippen LogP contribution in [-0.4, -0.2) is 25.5 Å². The first-order valence-electron chi connectivity index (χ1n) is 7.59. The van der Waals surface area contributed by atoms with Gasteiger partial charge in [0.05, 0.1) is 12.0 Å². The highest BCUT2D eigenvalue weighted by molar-refractivity contribution is 5.84. The average molecular weight is 325 g/mol. The predicted octanol–water partition coefficient (Wildman–Crippen LogP) is 2.41. The summed E-state index contributed by atoms with van der Waals surface area (Å²) in [4.78, 5) is 24.8. The summed E-state index contributed by atoms with van der Waals surface area (Å²) in [5, 5.41) is 0. The third-order valence-electron chi connectivity index (χ3n) is 3.51. The molecule has 0 amide bonds. The van der Waals surface area contributed by atoms with Crippen molar-refractivity contribution >= 4 is 23.0 Å². The number of fused-ring (bicyclic) bond motifs is 1. The van der Waals surface area contributed by atoms with Gasteiger partial charge in [0.1, 0.15) is 6.33 Å². The Morgan fingerprint density at radius 2 is 1.92 bits per heavy atom. The number of rotatable bonds is 3. The van der Waals surface area contributed by atoms with Crippen molar-refractivity contribution in [1.29, 1.82) is 0 Å². The Hall–Kier alpha value is -2.96. The third-order valence-corrected chi connectivity index (χ3v) is 3.51. The van der Waals surface area contributed by atoms with Crippen molar-refractivity contribution in [1.82, 2.24) is 19.5 Å². The molecule has 0 saturated carbocycles. The van der Waals surface area contributed by atoms with Crippen molar-refractivity contribution in [2.24, 2.45) is 5.41 Å². The van der Waals surface area contributed by atoms with Crippen LogP contribution in [0.1, 0.15) is 26.3 Å². The number of imidazole rings is 1. The first-order chi connectivity index (χ1) is 11.4. The third kappa shape index (κ3) is 3.05. The fourth-order valence-corrected chi connectivity index (χ4v) is 2.16. The van der Waals surface area contributed by atoms with Gasteiger partial charge in [0.25, 0.3) is 0 Å². The highest BCUT2D eigenvalue weighted by Crippen LogP contribution is 2.26. The number of aromatic nitrogens is 4. The lowest BCUT2D eigenvalue weighted by molar-refractivity contribution is -0.143. The molecule has 0 aliphatic rings. The van der Waals surface area contributed by atoms with Crippen molar-refractivity contribution < 1.29 is 9.53 Å². The molecule has 24 heavy (non-hydrogen) atoms. The lowest BCUT2D eigenvalue weighted by Crippen LogP contribution is -2.26. The van der Waals surface area contributed by atoms with Crippen molar-refractivity contribution in [3.05, 3.63) is 42.2 Å². The molecule has 2 N–H and O–H groups in total. The average Bonchev–Trinajstić information content (AvgIpc) is 2.87. The fourth-order valence-electron chi connectivity index (χ4n) is 2.16. The van der Waals surface area contributed by atoms with E-state index >= 15 is 0 Å². The number of nitrogens with zero attached hydrogens (tertiary/aromatic N) is 4. The Morgan fingerprint density at radius 1 is 1.21 bits per heavy atom. The first kappa shape index (κ1) is 15.9. The smallest absolute Gasteiger partial charge is 0.319 e. The monoisotopic (exact) mass is 325 g/mol. The SMILES string of the molecule is CC(C)(C)C(=O)Oc1nc2c(N)ncnc2n1Cc1ccccc1. The summed E-state index contributed by atoms with van der Waals surface area (Å²) in [6, 6.07) is 9.95. The quantitative estimate of drug-likeness (QED) is 0.743. The van der Waals surface area contributed by atoms with Crippen molar-refractivity contribution in [2.45, 2.75) is 27.3 Å². The van der Waals surface area contributed by atoms with Crippen LogP contribution >= 0.6 is 0 Å². The topological polar surface area (TPSA) is 95.9 Å². The van der Waals surface area contributed by atoms with E-state index < -0.39 is 5.41 Å². The Bertz CT molecular complexity index is 881. The van der Waals surface area contributed by atoms with Gasteiger partial charge in [-0.2, -0.15) is 4.98 Å². The molecule has 7 nitrogen and oxygen atoms in total. The highest BCUT2D eigenvalue weighted by atomic mass is 16.6. The van der Waals surface area contributed by atoms with E-state index in [0.29, 0.717) is 17.7 Å². The van der Waals surface area contributed by atoms with Gasteiger partial charge in [-0.25, -0.2) is 9.97 Å². The number of benzene rings is 1. The molecule has 124 valence electrons. The zero-order valence-electron chi connectivity index (χ0n) is 13.9. The van der Waals surface area contributed by atoms with Crippen LogP contribution in [0.2, 0.25) is 0 Å². The summed E-state index contributed by atoms with van der Waals surface area (Å²) >= 11 is 0. The van der Waals surface area contributed by atoms with Gasteiger partial charge >= 0.3 is 12.0 Å². The largest absolute Gasteiger partial charge is 0.392 e. The molecule has 2 aromatic heterocycles. The van der Waals surface area contributed by atoms with Crippen LogP contribution in [0.4, 0.5) is 5.82 Å². The minimum absolute atomic E-state index is 0.168. The maximum absolute atomic E-state index is 12.3. The molecule has 3 aromatic rings. The number of carbonyl (C=O) groups excluding carboxylic acids is 1.